The van der Waals surface area contributed by atoms with Crippen LogP contribution in [0.5, 0.6) is 0 Å². The minimum atomic E-state index is 0.900. The minimum absolute atomic E-state index is 0.900. The zero-order chi connectivity index (χ0) is 12.1. The van der Waals surface area contributed by atoms with Crippen LogP contribution in [0.1, 0.15) is 5.56 Å². The van der Waals surface area contributed by atoms with Gasteiger partial charge in [0.15, 0.2) is 0 Å². The fourth-order valence-electron chi connectivity index (χ4n) is 1.83. The second-order valence-corrected chi connectivity index (χ2v) is 4.47. The first-order chi connectivity index (χ1) is 8.27. The first-order valence-corrected chi connectivity index (χ1v) is 5.95. The molecule has 2 aromatic rings. The summed E-state index contributed by atoms with van der Waals surface area (Å²) in [6, 6.07) is 10.4. The van der Waals surface area contributed by atoms with Gasteiger partial charge in [-0.1, -0.05) is 18.2 Å². The molecule has 0 aliphatic heterocycles. The van der Waals surface area contributed by atoms with Gasteiger partial charge in [-0.25, -0.2) is 0 Å². The molecule has 0 aliphatic carbocycles. The molecular formula is C14H19N3. The van der Waals surface area contributed by atoms with Crippen LogP contribution in [0.4, 0.5) is 0 Å². The summed E-state index contributed by atoms with van der Waals surface area (Å²) in [6.45, 7) is 2.96. The van der Waals surface area contributed by atoms with Crippen molar-refractivity contribution in [2.24, 2.45) is 0 Å². The largest absolute Gasteiger partial charge is 0.311 e. The Hall–Kier alpha value is -1.45. The SMILES string of the molecule is CN(C)CCNCc1ccnc2ccccc12. The van der Waals surface area contributed by atoms with Gasteiger partial charge in [-0.3, -0.25) is 4.98 Å². The molecule has 1 aromatic heterocycles. The molecule has 1 N–H and O–H groups in total. The first-order valence-electron chi connectivity index (χ1n) is 5.95. The van der Waals surface area contributed by atoms with Gasteiger partial charge in [0.2, 0.25) is 0 Å². The molecule has 0 unspecified atom stereocenters. The summed E-state index contributed by atoms with van der Waals surface area (Å²) < 4.78 is 0. The number of benzene rings is 1. The highest BCUT2D eigenvalue weighted by Gasteiger charge is 2.00. The lowest BCUT2D eigenvalue weighted by Crippen LogP contribution is -2.26. The van der Waals surface area contributed by atoms with Gasteiger partial charge in [0.25, 0.3) is 0 Å². The summed E-state index contributed by atoms with van der Waals surface area (Å²) in [7, 11) is 4.17. The van der Waals surface area contributed by atoms with Gasteiger partial charge in [0.1, 0.15) is 0 Å². The molecule has 0 saturated carbocycles. The van der Waals surface area contributed by atoms with Crippen molar-refractivity contribution in [1.82, 2.24) is 15.2 Å². The highest BCUT2D eigenvalue weighted by Crippen LogP contribution is 2.15. The number of pyridine rings is 1. The van der Waals surface area contributed by atoms with E-state index in [1.165, 1.54) is 10.9 Å². The average molecular weight is 229 g/mol. The number of rotatable bonds is 5. The Morgan fingerprint density at radius 2 is 2.00 bits per heavy atom. The third-order valence-electron chi connectivity index (χ3n) is 2.79. The number of nitrogens with zero attached hydrogens (tertiary/aromatic N) is 2. The lowest BCUT2D eigenvalue weighted by atomic mass is 10.1. The normalized spacial score (nSPS) is 11.2. The number of hydrogen-bond donors (Lipinski definition) is 1. The van der Waals surface area contributed by atoms with E-state index in [0.717, 1.165) is 25.2 Å². The molecule has 0 aliphatic rings. The number of aromatic nitrogens is 1. The van der Waals surface area contributed by atoms with E-state index < -0.39 is 0 Å². The molecule has 0 radical (unpaired) electrons. The van der Waals surface area contributed by atoms with Gasteiger partial charge < -0.3 is 10.2 Å². The van der Waals surface area contributed by atoms with E-state index in [-0.39, 0.29) is 0 Å². The van der Waals surface area contributed by atoms with Crippen molar-refractivity contribution in [3.63, 3.8) is 0 Å². The van der Waals surface area contributed by atoms with Crippen molar-refractivity contribution < 1.29 is 0 Å². The fourth-order valence-corrected chi connectivity index (χ4v) is 1.83. The molecule has 2 rings (SSSR count). The highest BCUT2D eigenvalue weighted by atomic mass is 15.1. The Balaban J connectivity index is 2.03. The van der Waals surface area contributed by atoms with Crippen molar-refractivity contribution in [1.29, 1.82) is 0 Å². The zero-order valence-electron chi connectivity index (χ0n) is 10.5. The van der Waals surface area contributed by atoms with E-state index in [1.807, 2.05) is 12.3 Å². The van der Waals surface area contributed by atoms with Crippen LogP contribution in [0.3, 0.4) is 0 Å². The van der Waals surface area contributed by atoms with E-state index >= 15 is 0 Å². The standard InChI is InChI=1S/C14H19N3/c1-17(2)10-9-15-11-12-7-8-16-14-6-4-3-5-13(12)14/h3-8,15H,9-11H2,1-2H3. The van der Waals surface area contributed by atoms with Gasteiger partial charge in [-0.05, 0) is 31.8 Å². The summed E-state index contributed by atoms with van der Waals surface area (Å²) in [5, 5.41) is 4.70. The number of likely N-dealkylation sites (N-methyl/N-ethyl adjacent to an activating group) is 1. The number of para-hydroxylation sites is 1. The van der Waals surface area contributed by atoms with Gasteiger partial charge in [-0.2, -0.15) is 0 Å². The third kappa shape index (κ3) is 3.25. The predicted molar refractivity (Wildman–Crippen MR) is 72.0 cm³/mol. The van der Waals surface area contributed by atoms with E-state index in [1.54, 1.807) is 0 Å². The van der Waals surface area contributed by atoms with Gasteiger partial charge >= 0.3 is 0 Å². The molecule has 0 bridgehead atoms. The molecule has 0 atom stereocenters. The highest BCUT2D eigenvalue weighted by molar-refractivity contribution is 5.81. The van der Waals surface area contributed by atoms with Crippen LogP contribution in [-0.4, -0.2) is 37.1 Å². The van der Waals surface area contributed by atoms with Gasteiger partial charge in [0, 0.05) is 31.2 Å². The van der Waals surface area contributed by atoms with E-state index in [4.69, 9.17) is 0 Å². The van der Waals surface area contributed by atoms with Crippen molar-refractivity contribution >= 4 is 10.9 Å². The quantitative estimate of drug-likeness (QED) is 0.794. The second kappa shape index (κ2) is 5.75. The maximum Gasteiger partial charge on any atom is 0.0705 e. The van der Waals surface area contributed by atoms with Crippen molar-refractivity contribution in [2.75, 3.05) is 27.2 Å². The Morgan fingerprint density at radius 1 is 1.18 bits per heavy atom. The lowest BCUT2D eigenvalue weighted by molar-refractivity contribution is 0.400. The lowest BCUT2D eigenvalue weighted by Gasteiger charge is -2.11. The maximum atomic E-state index is 4.36. The van der Waals surface area contributed by atoms with Crippen LogP contribution in [0.25, 0.3) is 10.9 Å². The summed E-state index contributed by atoms with van der Waals surface area (Å²) in [5.41, 5.74) is 2.38. The monoisotopic (exact) mass is 229 g/mol. The zero-order valence-corrected chi connectivity index (χ0v) is 10.5. The van der Waals surface area contributed by atoms with E-state index in [0.29, 0.717) is 0 Å². The Morgan fingerprint density at radius 3 is 2.82 bits per heavy atom. The minimum Gasteiger partial charge on any atom is -0.311 e. The van der Waals surface area contributed by atoms with Crippen LogP contribution in [0, 0.1) is 0 Å². The number of nitrogens with one attached hydrogen (secondary N) is 1. The van der Waals surface area contributed by atoms with Crippen LogP contribution in [0.2, 0.25) is 0 Å². The maximum absolute atomic E-state index is 4.36. The summed E-state index contributed by atoms with van der Waals surface area (Å²) in [6.07, 6.45) is 1.88. The summed E-state index contributed by atoms with van der Waals surface area (Å²) in [5.74, 6) is 0. The Bertz CT molecular complexity index is 474. The molecule has 1 heterocycles. The molecule has 3 heteroatoms. The predicted octanol–water partition coefficient (Wildman–Crippen LogP) is 1.89. The van der Waals surface area contributed by atoms with Gasteiger partial charge in [-0.15, -0.1) is 0 Å². The smallest absolute Gasteiger partial charge is 0.0705 e. The summed E-state index contributed by atoms with van der Waals surface area (Å²) >= 11 is 0. The average Bonchev–Trinajstić information content (AvgIpc) is 2.34. The Kier molecular flexibility index (Phi) is 4.07. The second-order valence-electron chi connectivity index (χ2n) is 4.47. The topological polar surface area (TPSA) is 28.2 Å². The summed E-state index contributed by atoms with van der Waals surface area (Å²) in [4.78, 5) is 6.54. The van der Waals surface area contributed by atoms with Crippen LogP contribution in [-0.2, 0) is 6.54 Å². The van der Waals surface area contributed by atoms with Crippen molar-refractivity contribution in [3.05, 3.63) is 42.1 Å². The van der Waals surface area contributed by atoms with Crippen molar-refractivity contribution in [3.8, 4) is 0 Å². The molecule has 90 valence electrons. The van der Waals surface area contributed by atoms with E-state index in [9.17, 15) is 0 Å². The molecule has 17 heavy (non-hydrogen) atoms. The van der Waals surface area contributed by atoms with E-state index in [2.05, 4.69) is 53.6 Å². The number of fused-ring (bicyclic) bond motifs is 1. The fraction of sp³-hybridized carbons (Fsp3) is 0.357. The molecule has 0 spiro atoms. The molecule has 0 fully saturated rings. The van der Waals surface area contributed by atoms with Crippen LogP contribution in [0.15, 0.2) is 36.5 Å². The van der Waals surface area contributed by atoms with Crippen molar-refractivity contribution in [2.45, 2.75) is 6.54 Å². The molecule has 0 amide bonds. The van der Waals surface area contributed by atoms with Crippen LogP contribution < -0.4 is 5.32 Å². The number of hydrogen-bond acceptors (Lipinski definition) is 3. The first kappa shape index (κ1) is 12.0. The molecule has 0 saturated heterocycles. The molecule has 3 nitrogen and oxygen atoms in total. The van der Waals surface area contributed by atoms with Gasteiger partial charge in [0.05, 0.1) is 5.52 Å². The molecule has 1 aromatic carbocycles. The third-order valence-corrected chi connectivity index (χ3v) is 2.79. The van der Waals surface area contributed by atoms with Crippen LogP contribution >= 0.6 is 0 Å². The molecular weight excluding hydrogens is 210 g/mol. The Labute approximate surface area is 102 Å².